The number of rotatable bonds is 4. The van der Waals surface area contributed by atoms with Crippen LogP contribution in [0.25, 0.3) is 0 Å². The van der Waals surface area contributed by atoms with Crippen LogP contribution in [0.2, 0.25) is 0 Å². The molecule has 0 radical (unpaired) electrons. The Labute approximate surface area is 121 Å². The minimum absolute atomic E-state index is 0.0232. The van der Waals surface area contributed by atoms with E-state index in [0.29, 0.717) is 24.6 Å². The summed E-state index contributed by atoms with van der Waals surface area (Å²) in [5, 5.41) is 0. The molecule has 0 saturated carbocycles. The van der Waals surface area contributed by atoms with Crippen molar-refractivity contribution in [3.8, 4) is 0 Å². The van der Waals surface area contributed by atoms with Gasteiger partial charge in [-0.1, -0.05) is 6.07 Å². The van der Waals surface area contributed by atoms with Gasteiger partial charge in [0.2, 0.25) is 10.0 Å². The number of benzene rings is 1. The summed E-state index contributed by atoms with van der Waals surface area (Å²) in [7, 11) is -3.40. The Morgan fingerprint density at radius 1 is 1.30 bits per heavy atom. The highest BCUT2D eigenvalue weighted by atomic mass is 32.2. The zero-order valence-corrected chi connectivity index (χ0v) is 13.2. The van der Waals surface area contributed by atoms with E-state index in [1.54, 1.807) is 16.4 Å². The van der Waals surface area contributed by atoms with Gasteiger partial charge in [-0.15, -0.1) is 0 Å². The summed E-state index contributed by atoms with van der Waals surface area (Å²) < 4.78 is 32.5. The van der Waals surface area contributed by atoms with Gasteiger partial charge in [0.05, 0.1) is 11.0 Å². The molecule has 1 fully saturated rings. The minimum Gasteiger partial charge on any atom is -0.377 e. The second-order valence-corrected chi connectivity index (χ2v) is 7.27. The van der Waals surface area contributed by atoms with Crippen molar-refractivity contribution < 1.29 is 13.2 Å². The molecule has 112 valence electrons. The average molecular weight is 297 g/mol. The topological polar surface area (TPSA) is 46.6 Å². The molecule has 1 atom stereocenters. The maximum Gasteiger partial charge on any atom is 0.243 e. The lowest BCUT2D eigenvalue weighted by Crippen LogP contribution is -2.43. The van der Waals surface area contributed by atoms with Gasteiger partial charge in [0.15, 0.2) is 0 Å². The van der Waals surface area contributed by atoms with Crippen LogP contribution in [0, 0.1) is 13.8 Å². The van der Waals surface area contributed by atoms with E-state index in [1.807, 2.05) is 26.8 Å². The molecule has 1 aromatic carbocycles. The summed E-state index contributed by atoms with van der Waals surface area (Å²) in [6.07, 6.45) is 1.82. The molecule has 20 heavy (non-hydrogen) atoms. The molecule has 5 heteroatoms. The summed E-state index contributed by atoms with van der Waals surface area (Å²) >= 11 is 0. The van der Waals surface area contributed by atoms with Crippen LogP contribution in [0.1, 0.15) is 30.9 Å². The zero-order chi connectivity index (χ0) is 14.8. The van der Waals surface area contributed by atoms with E-state index in [1.165, 1.54) is 0 Å². The van der Waals surface area contributed by atoms with Gasteiger partial charge in [-0.05, 0) is 56.9 Å². The Balaban J connectivity index is 2.23. The lowest BCUT2D eigenvalue weighted by atomic mass is 10.1. The quantitative estimate of drug-likeness (QED) is 0.858. The lowest BCUT2D eigenvalue weighted by molar-refractivity contribution is 0.0265. The van der Waals surface area contributed by atoms with Crippen LogP contribution >= 0.6 is 0 Å². The molecule has 1 unspecified atom stereocenters. The van der Waals surface area contributed by atoms with E-state index >= 15 is 0 Å². The van der Waals surface area contributed by atoms with E-state index in [2.05, 4.69) is 0 Å². The SMILES string of the molecule is CCOC1CCCN(S(=O)(=O)c2ccc(C)c(C)c2)C1. The Bertz CT molecular complexity index is 566. The molecule has 1 aliphatic rings. The van der Waals surface area contributed by atoms with Crippen molar-refractivity contribution in [2.24, 2.45) is 0 Å². The molecule has 0 aliphatic carbocycles. The van der Waals surface area contributed by atoms with Crippen molar-refractivity contribution in [2.45, 2.75) is 44.6 Å². The van der Waals surface area contributed by atoms with Crippen LogP contribution in [0.4, 0.5) is 0 Å². The molecule has 1 saturated heterocycles. The highest BCUT2D eigenvalue weighted by molar-refractivity contribution is 7.89. The zero-order valence-electron chi connectivity index (χ0n) is 12.4. The number of hydrogen-bond donors (Lipinski definition) is 0. The number of nitrogens with zero attached hydrogens (tertiary/aromatic N) is 1. The van der Waals surface area contributed by atoms with Crippen LogP contribution in [-0.4, -0.2) is 38.5 Å². The van der Waals surface area contributed by atoms with Gasteiger partial charge in [0.25, 0.3) is 0 Å². The first-order valence-corrected chi connectivity index (χ1v) is 8.58. The summed E-state index contributed by atoms with van der Waals surface area (Å²) in [5.74, 6) is 0. The smallest absolute Gasteiger partial charge is 0.243 e. The van der Waals surface area contributed by atoms with Crippen LogP contribution in [0.15, 0.2) is 23.1 Å². The van der Waals surface area contributed by atoms with Gasteiger partial charge in [-0.2, -0.15) is 4.31 Å². The fraction of sp³-hybridized carbons (Fsp3) is 0.600. The van der Waals surface area contributed by atoms with E-state index in [-0.39, 0.29) is 6.10 Å². The second-order valence-electron chi connectivity index (χ2n) is 5.33. The molecule has 1 aromatic rings. The van der Waals surface area contributed by atoms with Crippen molar-refractivity contribution in [1.82, 2.24) is 4.31 Å². The van der Waals surface area contributed by atoms with Gasteiger partial charge >= 0.3 is 0 Å². The third kappa shape index (κ3) is 3.22. The number of piperidine rings is 1. The largest absolute Gasteiger partial charge is 0.377 e. The Morgan fingerprint density at radius 2 is 2.05 bits per heavy atom. The number of sulfonamides is 1. The first kappa shape index (κ1) is 15.5. The lowest BCUT2D eigenvalue weighted by Gasteiger charge is -2.31. The van der Waals surface area contributed by atoms with E-state index in [4.69, 9.17) is 4.74 Å². The highest BCUT2D eigenvalue weighted by Crippen LogP contribution is 2.23. The number of ether oxygens (including phenoxy) is 1. The van der Waals surface area contributed by atoms with Crippen molar-refractivity contribution in [1.29, 1.82) is 0 Å². The molecule has 0 N–H and O–H groups in total. The van der Waals surface area contributed by atoms with Crippen molar-refractivity contribution in [3.05, 3.63) is 29.3 Å². The summed E-state index contributed by atoms with van der Waals surface area (Å²) in [4.78, 5) is 0.387. The van der Waals surface area contributed by atoms with Crippen molar-refractivity contribution >= 4 is 10.0 Å². The molecular formula is C15H23NO3S. The Morgan fingerprint density at radius 3 is 2.70 bits per heavy atom. The maximum atomic E-state index is 12.7. The molecule has 2 rings (SSSR count). The highest BCUT2D eigenvalue weighted by Gasteiger charge is 2.30. The first-order chi connectivity index (χ1) is 9.45. The summed E-state index contributed by atoms with van der Waals surface area (Å²) in [6.45, 7) is 7.53. The van der Waals surface area contributed by atoms with E-state index in [9.17, 15) is 8.42 Å². The molecule has 0 spiro atoms. The molecule has 0 aromatic heterocycles. The normalized spacial score (nSPS) is 21.1. The van der Waals surface area contributed by atoms with Crippen molar-refractivity contribution in [2.75, 3.05) is 19.7 Å². The molecular weight excluding hydrogens is 274 g/mol. The number of hydrogen-bond acceptors (Lipinski definition) is 3. The summed E-state index contributed by atoms with van der Waals surface area (Å²) in [6, 6.07) is 5.32. The molecule has 4 nitrogen and oxygen atoms in total. The van der Waals surface area contributed by atoms with Crippen molar-refractivity contribution in [3.63, 3.8) is 0 Å². The third-order valence-electron chi connectivity index (χ3n) is 3.86. The molecule has 1 heterocycles. The van der Waals surface area contributed by atoms with Gasteiger partial charge in [0, 0.05) is 19.7 Å². The van der Waals surface area contributed by atoms with E-state index < -0.39 is 10.0 Å². The van der Waals surface area contributed by atoms with Crippen LogP contribution in [0.3, 0.4) is 0 Å². The van der Waals surface area contributed by atoms with Crippen LogP contribution in [-0.2, 0) is 14.8 Å². The first-order valence-electron chi connectivity index (χ1n) is 7.14. The van der Waals surface area contributed by atoms with Crippen LogP contribution in [0.5, 0.6) is 0 Å². The van der Waals surface area contributed by atoms with Gasteiger partial charge in [0.1, 0.15) is 0 Å². The predicted molar refractivity (Wildman–Crippen MR) is 79.3 cm³/mol. The molecule has 0 bridgehead atoms. The molecule has 1 aliphatic heterocycles. The monoisotopic (exact) mass is 297 g/mol. The third-order valence-corrected chi connectivity index (χ3v) is 5.72. The fourth-order valence-electron chi connectivity index (χ4n) is 2.52. The fourth-order valence-corrected chi connectivity index (χ4v) is 4.11. The predicted octanol–water partition coefficient (Wildman–Crippen LogP) is 2.49. The second kappa shape index (κ2) is 6.24. The number of aryl methyl sites for hydroxylation is 2. The van der Waals surface area contributed by atoms with E-state index in [0.717, 1.165) is 24.0 Å². The van der Waals surface area contributed by atoms with Gasteiger partial charge in [-0.3, -0.25) is 0 Å². The molecule has 0 amide bonds. The van der Waals surface area contributed by atoms with Gasteiger partial charge in [-0.25, -0.2) is 8.42 Å². The van der Waals surface area contributed by atoms with Crippen LogP contribution < -0.4 is 0 Å². The van der Waals surface area contributed by atoms with Gasteiger partial charge < -0.3 is 4.74 Å². The minimum atomic E-state index is -3.40. The Kier molecular flexibility index (Phi) is 4.83. The average Bonchev–Trinajstić information content (AvgIpc) is 2.42. The maximum absolute atomic E-state index is 12.7. The standard InChI is InChI=1S/C15H23NO3S/c1-4-19-14-6-5-9-16(11-14)20(17,18)15-8-7-12(2)13(3)10-15/h7-8,10,14H,4-6,9,11H2,1-3H3. The summed E-state index contributed by atoms with van der Waals surface area (Å²) in [5.41, 5.74) is 2.11. The Hall–Kier alpha value is -0.910.